The van der Waals surface area contributed by atoms with Gasteiger partial charge in [0.15, 0.2) is 11.5 Å². The maximum Gasteiger partial charge on any atom is 0.164 e. The molecule has 0 fully saturated rings. The SMILES string of the molecule is COc1cc2c(cc1O)[C@H]1CC=C[C@H]1O2. The zero-order valence-electron chi connectivity index (χ0n) is 8.43. The third-order valence-electron chi connectivity index (χ3n) is 3.09. The van der Waals surface area contributed by atoms with Gasteiger partial charge in [-0.2, -0.15) is 0 Å². The van der Waals surface area contributed by atoms with Crippen molar-refractivity contribution in [1.29, 1.82) is 0 Å². The quantitative estimate of drug-likeness (QED) is 0.713. The van der Waals surface area contributed by atoms with Crippen LogP contribution in [0.3, 0.4) is 0 Å². The Bertz CT molecular complexity index is 437. The molecule has 1 aromatic rings. The molecule has 0 spiro atoms. The van der Waals surface area contributed by atoms with E-state index in [1.165, 1.54) is 7.11 Å². The Kier molecular flexibility index (Phi) is 1.69. The summed E-state index contributed by atoms with van der Waals surface area (Å²) in [5.74, 6) is 1.87. The van der Waals surface area contributed by atoms with E-state index in [1.54, 1.807) is 12.1 Å². The summed E-state index contributed by atoms with van der Waals surface area (Å²) in [7, 11) is 1.54. The monoisotopic (exact) mass is 204 g/mol. The van der Waals surface area contributed by atoms with E-state index < -0.39 is 0 Å². The molecule has 0 radical (unpaired) electrons. The van der Waals surface area contributed by atoms with Gasteiger partial charge in [0, 0.05) is 17.5 Å². The smallest absolute Gasteiger partial charge is 0.164 e. The van der Waals surface area contributed by atoms with Crippen molar-refractivity contribution in [3.63, 3.8) is 0 Å². The molecule has 1 aliphatic carbocycles. The number of ether oxygens (including phenoxy) is 2. The molecule has 2 aliphatic rings. The van der Waals surface area contributed by atoms with E-state index in [9.17, 15) is 5.11 Å². The molecule has 0 bridgehead atoms. The zero-order chi connectivity index (χ0) is 10.4. The first-order valence-corrected chi connectivity index (χ1v) is 5.04. The van der Waals surface area contributed by atoms with Gasteiger partial charge in [0.2, 0.25) is 0 Å². The summed E-state index contributed by atoms with van der Waals surface area (Å²) in [5, 5.41) is 9.69. The third-order valence-corrected chi connectivity index (χ3v) is 3.09. The molecule has 1 aliphatic heterocycles. The summed E-state index contributed by atoms with van der Waals surface area (Å²) < 4.78 is 10.8. The number of benzene rings is 1. The summed E-state index contributed by atoms with van der Waals surface area (Å²) in [5.41, 5.74) is 1.09. The molecule has 0 amide bonds. The van der Waals surface area contributed by atoms with Crippen LogP contribution in [0.4, 0.5) is 0 Å². The van der Waals surface area contributed by atoms with E-state index in [2.05, 4.69) is 12.2 Å². The van der Waals surface area contributed by atoms with Crippen LogP contribution in [-0.4, -0.2) is 18.3 Å². The van der Waals surface area contributed by atoms with E-state index in [-0.39, 0.29) is 11.9 Å². The molecule has 78 valence electrons. The van der Waals surface area contributed by atoms with E-state index in [0.29, 0.717) is 11.7 Å². The number of fused-ring (bicyclic) bond motifs is 3. The van der Waals surface area contributed by atoms with Gasteiger partial charge < -0.3 is 14.6 Å². The largest absolute Gasteiger partial charge is 0.504 e. The molecule has 0 saturated heterocycles. The van der Waals surface area contributed by atoms with Crippen LogP contribution in [0, 0.1) is 0 Å². The number of phenolic OH excluding ortho intramolecular Hbond substituents is 1. The summed E-state index contributed by atoms with van der Waals surface area (Å²) in [6, 6.07) is 3.52. The van der Waals surface area contributed by atoms with Gasteiger partial charge in [-0.3, -0.25) is 0 Å². The summed E-state index contributed by atoms with van der Waals surface area (Å²) in [6.07, 6.45) is 5.34. The minimum atomic E-state index is 0.145. The van der Waals surface area contributed by atoms with E-state index in [0.717, 1.165) is 17.7 Å². The lowest BCUT2D eigenvalue weighted by Gasteiger charge is -2.07. The standard InChI is InChI=1S/C12H12O3/c1-14-12-6-11-8(5-9(12)13)7-3-2-4-10(7)15-11/h2,4-7,10,13H,3H2,1H3/t7-,10-/m1/s1. The fraction of sp³-hybridized carbons (Fsp3) is 0.333. The van der Waals surface area contributed by atoms with Crippen LogP contribution >= 0.6 is 0 Å². The molecular weight excluding hydrogens is 192 g/mol. The lowest BCUT2D eigenvalue weighted by Crippen LogP contribution is -2.10. The molecular formula is C12H12O3. The van der Waals surface area contributed by atoms with Crippen molar-refractivity contribution >= 4 is 0 Å². The number of rotatable bonds is 1. The van der Waals surface area contributed by atoms with Crippen molar-refractivity contribution in [3.8, 4) is 17.2 Å². The van der Waals surface area contributed by atoms with Crippen molar-refractivity contribution in [3.05, 3.63) is 29.8 Å². The maximum atomic E-state index is 9.69. The van der Waals surface area contributed by atoms with Crippen LogP contribution in [0.15, 0.2) is 24.3 Å². The molecule has 1 heterocycles. The lowest BCUT2D eigenvalue weighted by molar-refractivity contribution is 0.264. The van der Waals surface area contributed by atoms with Gasteiger partial charge in [-0.15, -0.1) is 0 Å². The molecule has 3 nitrogen and oxygen atoms in total. The average molecular weight is 204 g/mol. The highest BCUT2D eigenvalue weighted by atomic mass is 16.5. The molecule has 2 atom stereocenters. The first-order valence-electron chi connectivity index (χ1n) is 5.04. The van der Waals surface area contributed by atoms with Gasteiger partial charge in [0.25, 0.3) is 0 Å². The van der Waals surface area contributed by atoms with E-state index in [1.807, 2.05) is 0 Å². The van der Waals surface area contributed by atoms with Crippen molar-refractivity contribution in [2.75, 3.05) is 7.11 Å². The Morgan fingerprint density at radius 2 is 2.33 bits per heavy atom. The van der Waals surface area contributed by atoms with Crippen LogP contribution < -0.4 is 9.47 Å². The van der Waals surface area contributed by atoms with Crippen LogP contribution in [-0.2, 0) is 0 Å². The molecule has 15 heavy (non-hydrogen) atoms. The predicted octanol–water partition coefficient (Wildman–Crippen LogP) is 2.21. The first kappa shape index (κ1) is 8.65. The molecule has 1 aromatic carbocycles. The third kappa shape index (κ3) is 1.12. The number of aromatic hydroxyl groups is 1. The van der Waals surface area contributed by atoms with Crippen LogP contribution in [0.5, 0.6) is 17.2 Å². The fourth-order valence-electron chi connectivity index (χ4n) is 2.32. The summed E-state index contributed by atoms with van der Waals surface area (Å²) in [4.78, 5) is 0. The Morgan fingerprint density at radius 3 is 3.13 bits per heavy atom. The maximum absolute atomic E-state index is 9.69. The van der Waals surface area contributed by atoms with Gasteiger partial charge in [0.05, 0.1) is 7.11 Å². The minimum Gasteiger partial charge on any atom is -0.504 e. The predicted molar refractivity (Wildman–Crippen MR) is 55.6 cm³/mol. The van der Waals surface area contributed by atoms with E-state index >= 15 is 0 Å². The molecule has 3 heteroatoms. The van der Waals surface area contributed by atoms with Gasteiger partial charge in [0.1, 0.15) is 11.9 Å². The topological polar surface area (TPSA) is 38.7 Å². The van der Waals surface area contributed by atoms with Crippen molar-refractivity contribution < 1.29 is 14.6 Å². The van der Waals surface area contributed by atoms with Gasteiger partial charge in [-0.25, -0.2) is 0 Å². The highest BCUT2D eigenvalue weighted by molar-refractivity contribution is 5.54. The summed E-state index contributed by atoms with van der Waals surface area (Å²) in [6.45, 7) is 0. The minimum absolute atomic E-state index is 0.145. The fourth-order valence-corrected chi connectivity index (χ4v) is 2.32. The van der Waals surface area contributed by atoms with Gasteiger partial charge >= 0.3 is 0 Å². The molecule has 3 rings (SSSR count). The van der Waals surface area contributed by atoms with Crippen LogP contribution in [0.1, 0.15) is 17.9 Å². The Balaban J connectivity index is 2.08. The summed E-state index contributed by atoms with van der Waals surface area (Å²) >= 11 is 0. The number of allylic oxidation sites excluding steroid dienone is 1. The molecule has 1 N–H and O–H groups in total. The number of hydrogen-bond donors (Lipinski definition) is 1. The van der Waals surface area contributed by atoms with E-state index in [4.69, 9.17) is 9.47 Å². The zero-order valence-corrected chi connectivity index (χ0v) is 8.43. The van der Waals surface area contributed by atoms with Gasteiger partial charge in [-0.1, -0.05) is 6.08 Å². The Labute approximate surface area is 87.9 Å². The number of methoxy groups -OCH3 is 1. The second-order valence-corrected chi connectivity index (χ2v) is 3.91. The molecule has 0 unspecified atom stereocenters. The average Bonchev–Trinajstić information content (AvgIpc) is 2.77. The molecule has 0 aromatic heterocycles. The second kappa shape index (κ2) is 2.92. The van der Waals surface area contributed by atoms with Crippen molar-refractivity contribution in [2.24, 2.45) is 0 Å². The van der Waals surface area contributed by atoms with Crippen LogP contribution in [0.25, 0.3) is 0 Å². The number of phenols is 1. The number of hydrogen-bond acceptors (Lipinski definition) is 3. The molecule has 0 saturated carbocycles. The lowest BCUT2D eigenvalue weighted by atomic mass is 9.96. The normalized spacial score (nSPS) is 25.9. The van der Waals surface area contributed by atoms with Crippen LogP contribution in [0.2, 0.25) is 0 Å². The van der Waals surface area contributed by atoms with Crippen molar-refractivity contribution in [1.82, 2.24) is 0 Å². The first-order chi connectivity index (χ1) is 7.29. The van der Waals surface area contributed by atoms with Crippen molar-refractivity contribution in [2.45, 2.75) is 18.4 Å². The van der Waals surface area contributed by atoms with Gasteiger partial charge in [-0.05, 0) is 18.6 Å². The second-order valence-electron chi connectivity index (χ2n) is 3.91. The Hall–Kier alpha value is -1.64. The highest BCUT2D eigenvalue weighted by Crippen LogP contribution is 2.47. The highest BCUT2D eigenvalue weighted by Gasteiger charge is 2.35. The Morgan fingerprint density at radius 1 is 1.47 bits per heavy atom.